The molecule has 8 heteroatoms. The topological polar surface area (TPSA) is 59.2 Å². The number of hydrogen-bond acceptors (Lipinski definition) is 4. The summed E-state index contributed by atoms with van der Waals surface area (Å²) in [7, 11) is 2.02. The van der Waals surface area contributed by atoms with Crippen LogP contribution in [0.1, 0.15) is 30.4 Å². The molecule has 0 aliphatic carbocycles. The van der Waals surface area contributed by atoms with Gasteiger partial charge in [0.05, 0.1) is 17.3 Å². The zero-order valence-electron chi connectivity index (χ0n) is 16.6. The van der Waals surface area contributed by atoms with Crippen LogP contribution in [0.15, 0.2) is 55.1 Å². The van der Waals surface area contributed by atoms with Gasteiger partial charge in [0, 0.05) is 51.8 Å². The Bertz CT molecular complexity index is 960. The Kier molecular flexibility index (Phi) is 5.69. The molecule has 3 heterocycles. The SMILES string of the molecule is C[C@@H](C(=O)N1CCN([C@@H](c2ccccc2)c2nccn2C)CC1)n1cc(Cl)cn1. The first-order valence-electron chi connectivity index (χ1n) is 9.79. The summed E-state index contributed by atoms with van der Waals surface area (Å²) in [4.78, 5) is 21.8. The van der Waals surface area contributed by atoms with Gasteiger partial charge in [0.25, 0.3) is 0 Å². The van der Waals surface area contributed by atoms with Crippen LogP contribution in [-0.2, 0) is 11.8 Å². The number of halogens is 1. The summed E-state index contributed by atoms with van der Waals surface area (Å²) in [6, 6.07) is 10.1. The monoisotopic (exact) mass is 412 g/mol. The Morgan fingerprint density at radius 1 is 1.14 bits per heavy atom. The molecule has 1 aliphatic heterocycles. The average Bonchev–Trinajstić information content (AvgIpc) is 3.37. The van der Waals surface area contributed by atoms with Crippen molar-refractivity contribution in [1.29, 1.82) is 0 Å². The van der Waals surface area contributed by atoms with Crippen molar-refractivity contribution in [3.8, 4) is 0 Å². The second-order valence-corrected chi connectivity index (χ2v) is 7.82. The van der Waals surface area contributed by atoms with Crippen molar-refractivity contribution in [2.45, 2.75) is 19.0 Å². The quantitative estimate of drug-likeness (QED) is 0.646. The van der Waals surface area contributed by atoms with Crippen molar-refractivity contribution in [3.63, 3.8) is 0 Å². The van der Waals surface area contributed by atoms with Gasteiger partial charge in [0.15, 0.2) is 0 Å². The molecule has 1 amide bonds. The number of benzene rings is 1. The summed E-state index contributed by atoms with van der Waals surface area (Å²) in [6.07, 6.45) is 7.05. The largest absolute Gasteiger partial charge is 0.338 e. The molecule has 1 aromatic carbocycles. The lowest BCUT2D eigenvalue weighted by Gasteiger charge is -2.39. The third kappa shape index (κ3) is 4.06. The van der Waals surface area contributed by atoms with E-state index in [0.29, 0.717) is 18.1 Å². The molecule has 0 N–H and O–H groups in total. The van der Waals surface area contributed by atoms with Gasteiger partial charge in [0.2, 0.25) is 5.91 Å². The minimum Gasteiger partial charge on any atom is -0.338 e. The van der Waals surface area contributed by atoms with Gasteiger partial charge in [0.1, 0.15) is 11.9 Å². The maximum Gasteiger partial charge on any atom is 0.247 e. The second kappa shape index (κ2) is 8.39. The molecule has 2 aromatic heterocycles. The molecule has 2 atom stereocenters. The van der Waals surface area contributed by atoms with E-state index < -0.39 is 0 Å². The summed E-state index contributed by atoms with van der Waals surface area (Å²) in [5.74, 6) is 1.08. The highest BCUT2D eigenvalue weighted by Crippen LogP contribution is 2.28. The van der Waals surface area contributed by atoms with E-state index in [4.69, 9.17) is 11.6 Å². The molecular formula is C21H25ClN6O. The fourth-order valence-corrected chi connectivity index (χ4v) is 4.05. The zero-order valence-corrected chi connectivity index (χ0v) is 17.4. The van der Waals surface area contributed by atoms with Gasteiger partial charge in [-0.2, -0.15) is 5.10 Å². The van der Waals surface area contributed by atoms with Gasteiger partial charge < -0.3 is 9.47 Å². The van der Waals surface area contributed by atoms with Crippen LogP contribution < -0.4 is 0 Å². The third-order valence-corrected chi connectivity index (χ3v) is 5.73. The Labute approximate surface area is 175 Å². The third-order valence-electron chi connectivity index (χ3n) is 5.53. The van der Waals surface area contributed by atoms with Crippen molar-refractivity contribution in [3.05, 3.63) is 71.5 Å². The minimum atomic E-state index is -0.367. The molecule has 0 spiro atoms. The Morgan fingerprint density at radius 2 is 1.86 bits per heavy atom. The standard InChI is InChI=1S/C21H25ClN6O/c1-16(28-15-18(22)14-24-28)21(29)27-12-10-26(11-13-27)19(17-6-4-3-5-7-17)20-23-8-9-25(20)2/h3-9,14-16,19H,10-13H2,1-2H3/t16-,19-/m0/s1. The molecule has 0 unspecified atom stereocenters. The summed E-state index contributed by atoms with van der Waals surface area (Å²) in [5, 5.41) is 4.71. The van der Waals surface area contributed by atoms with Gasteiger partial charge in [-0.3, -0.25) is 14.4 Å². The summed E-state index contributed by atoms with van der Waals surface area (Å²) in [5.41, 5.74) is 1.21. The summed E-state index contributed by atoms with van der Waals surface area (Å²) < 4.78 is 3.69. The van der Waals surface area contributed by atoms with E-state index in [0.717, 1.165) is 18.9 Å². The van der Waals surface area contributed by atoms with Crippen LogP contribution in [0.3, 0.4) is 0 Å². The Hall–Kier alpha value is -2.64. The van der Waals surface area contributed by atoms with E-state index in [1.807, 2.05) is 37.3 Å². The van der Waals surface area contributed by atoms with Gasteiger partial charge >= 0.3 is 0 Å². The highest BCUT2D eigenvalue weighted by Gasteiger charge is 2.32. The number of nitrogens with zero attached hydrogens (tertiary/aromatic N) is 6. The highest BCUT2D eigenvalue weighted by atomic mass is 35.5. The molecule has 3 aromatic rings. The lowest BCUT2D eigenvalue weighted by Crippen LogP contribution is -2.51. The smallest absolute Gasteiger partial charge is 0.247 e. The molecule has 152 valence electrons. The zero-order chi connectivity index (χ0) is 20.4. The fourth-order valence-electron chi connectivity index (χ4n) is 3.90. The number of hydrogen-bond donors (Lipinski definition) is 0. The van der Waals surface area contributed by atoms with Crippen molar-refractivity contribution in [2.24, 2.45) is 7.05 Å². The fraction of sp³-hybridized carbons (Fsp3) is 0.381. The molecule has 1 saturated heterocycles. The van der Waals surface area contributed by atoms with Crippen LogP contribution in [0.25, 0.3) is 0 Å². The van der Waals surface area contributed by atoms with Crippen LogP contribution in [0, 0.1) is 0 Å². The number of piperazine rings is 1. The Morgan fingerprint density at radius 3 is 2.45 bits per heavy atom. The van der Waals surface area contributed by atoms with Crippen LogP contribution in [0.4, 0.5) is 0 Å². The molecule has 4 rings (SSSR count). The van der Waals surface area contributed by atoms with Gasteiger partial charge in [-0.1, -0.05) is 41.9 Å². The molecule has 1 aliphatic rings. The van der Waals surface area contributed by atoms with E-state index >= 15 is 0 Å². The maximum atomic E-state index is 12.9. The molecule has 0 bridgehead atoms. The molecule has 29 heavy (non-hydrogen) atoms. The van der Waals surface area contributed by atoms with Crippen molar-refractivity contribution in [1.82, 2.24) is 29.1 Å². The number of carbonyl (C=O) groups excluding carboxylic acids is 1. The maximum absolute atomic E-state index is 12.9. The van der Waals surface area contributed by atoms with Crippen LogP contribution in [0.2, 0.25) is 5.02 Å². The van der Waals surface area contributed by atoms with Crippen molar-refractivity contribution < 1.29 is 4.79 Å². The highest BCUT2D eigenvalue weighted by molar-refractivity contribution is 6.30. The molecule has 1 fully saturated rings. The number of carbonyl (C=O) groups is 1. The van der Waals surface area contributed by atoms with E-state index in [1.165, 1.54) is 5.56 Å². The van der Waals surface area contributed by atoms with Gasteiger partial charge in [-0.15, -0.1) is 0 Å². The number of imidazole rings is 1. The van der Waals surface area contributed by atoms with Crippen LogP contribution in [0.5, 0.6) is 0 Å². The summed E-state index contributed by atoms with van der Waals surface area (Å²) in [6.45, 7) is 4.77. The van der Waals surface area contributed by atoms with Gasteiger partial charge in [-0.25, -0.2) is 4.98 Å². The first-order valence-corrected chi connectivity index (χ1v) is 10.2. The molecule has 0 saturated carbocycles. The molecule has 7 nitrogen and oxygen atoms in total. The number of rotatable bonds is 5. The van der Waals surface area contributed by atoms with E-state index in [9.17, 15) is 4.79 Å². The predicted molar refractivity (Wildman–Crippen MR) is 112 cm³/mol. The lowest BCUT2D eigenvalue weighted by atomic mass is 10.0. The van der Waals surface area contributed by atoms with E-state index in [1.54, 1.807) is 17.1 Å². The number of aromatic nitrogens is 4. The molecular weight excluding hydrogens is 388 g/mol. The average molecular weight is 413 g/mol. The van der Waals surface area contributed by atoms with E-state index in [-0.39, 0.29) is 18.0 Å². The van der Waals surface area contributed by atoms with Gasteiger partial charge in [-0.05, 0) is 12.5 Å². The van der Waals surface area contributed by atoms with Crippen molar-refractivity contribution >= 4 is 17.5 Å². The van der Waals surface area contributed by atoms with Crippen molar-refractivity contribution in [2.75, 3.05) is 26.2 Å². The van der Waals surface area contributed by atoms with Crippen LogP contribution >= 0.6 is 11.6 Å². The number of aryl methyl sites for hydroxylation is 1. The normalized spacial score (nSPS) is 17.3. The predicted octanol–water partition coefficient (Wildman–Crippen LogP) is 2.76. The second-order valence-electron chi connectivity index (χ2n) is 7.39. The minimum absolute atomic E-state index is 0.0656. The van der Waals surface area contributed by atoms with Crippen LogP contribution in [-0.4, -0.2) is 61.2 Å². The summed E-state index contributed by atoms with van der Waals surface area (Å²) >= 11 is 5.95. The van der Waals surface area contributed by atoms with E-state index in [2.05, 4.69) is 43.8 Å². The number of amides is 1. The lowest BCUT2D eigenvalue weighted by molar-refractivity contribution is -0.136. The molecule has 0 radical (unpaired) electrons. The Balaban J connectivity index is 1.48. The first-order chi connectivity index (χ1) is 14.0. The first kappa shape index (κ1) is 19.7.